The second kappa shape index (κ2) is 10.6. The Kier molecular flexibility index (Phi) is 7.12. The van der Waals surface area contributed by atoms with E-state index in [4.69, 9.17) is 4.74 Å². The normalized spacial score (nSPS) is 12.7. The van der Waals surface area contributed by atoms with Gasteiger partial charge in [-0.2, -0.15) is 0 Å². The third-order valence-electron chi connectivity index (χ3n) is 5.56. The van der Waals surface area contributed by atoms with Gasteiger partial charge >= 0.3 is 0 Å². The molecule has 0 spiro atoms. The van der Waals surface area contributed by atoms with Gasteiger partial charge in [-0.05, 0) is 35.6 Å². The highest BCUT2D eigenvalue weighted by atomic mass is 16.5. The van der Waals surface area contributed by atoms with E-state index in [0.717, 1.165) is 18.5 Å². The Labute approximate surface area is 188 Å². The van der Waals surface area contributed by atoms with Crippen molar-refractivity contribution in [1.82, 2.24) is 15.2 Å². The number of carbonyl (C=O) groups excluding carboxylic acids is 2. The maximum atomic E-state index is 12.5. The lowest BCUT2D eigenvalue weighted by Gasteiger charge is -2.29. The van der Waals surface area contributed by atoms with E-state index < -0.39 is 0 Å². The van der Waals surface area contributed by atoms with Crippen LogP contribution in [0.5, 0.6) is 5.88 Å². The minimum absolute atomic E-state index is 0.134. The first-order valence-electron chi connectivity index (χ1n) is 10.9. The maximum absolute atomic E-state index is 12.5. The molecule has 2 amide bonds. The molecule has 0 saturated carbocycles. The van der Waals surface area contributed by atoms with Crippen molar-refractivity contribution in [2.75, 3.05) is 13.1 Å². The minimum Gasteiger partial charge on any atom is -0.473 e. The highest BCUT2D eigenvalue weighted by molar-refractivity contribution is 5.94. The summed E-state index contributed by atoms with van der Waals surface area (Å²) >= 11 is 0. The number of pyridine rings is 1. The van der Waals surface area contributed by atoms with Crippen LogP contribution in [0.3, 0.4) is 0 Å². The van der Waals surface area contributed by atoms with E-state index in [1.807, 2.05) is 47.4 Å². The van der Waals surface area contributed by atoms with E-state index >= 15 is 0 Å². The molecule has 0 saturated heterocycles. The molecule has 4 rings (SSSR count). The van der Waals surface area contributed by atoms with E-state index in [0.29, 0.717) is 44.0 Å². The molecule has 6 nitrogen and oxygen atoms in total. The molecule has 1 aliphatic rings. The number of nitrogens with one attached hydrogen (secondary N) is 1. The summed E-state index contributed by atoms with van der Waals surface area (Å²) in [4.78, 5) is 31.1. The SMILES string of the molecule is O=C(NCCCC(=O)N1CCc2ccccc2C1)c1ccnc(OCc2ccccc2)c1. The molecule has 164 valence electrons. The molecular formula is C26H27N3O3. The van der Waals surface area contributed by atoms with Crippen LogP contribution in [0, 0.1) is 0 Å². The lowest BCUT2D eigenvalue weighted by Crippen LogP contribution is -2.36. The fraction of sp³-hybridized carbons (Fsp3) is 0.269. The number of amides is 2. The molecule has 0 bridgehead atoms. The van der Waals surface area contributed by atoms with Crippen molar-refractivity contribution in [3.8, 4) is 5.88 Å². The van der Waals surface area contributed by atoms with E-state index in [-0.39, 0.29) is 11.8 Å². The first kappa shape index (κ1) is 21.6. The predicted octanol–water partition coefficient (Wildman–Crippen LogP) is 3.76. The van der Waals surface area contributed by atoms with Crippen LogP contribution in [0.4, 0.5) is 0 Å². The molecule has 1 N–H and O–H groups in total. The second-order valence-corrected chi connectivity index (χ2v) is 7.85. The molecule has 0 aliphatic carbocycles. The first-order valence-corrected chi connectivity index (χ1v) is 10.9. The molecule has 0 fully saturated rings. The van der Waals surface area contributed by atoms with Gasteiger partial charge in [0.1, 0.15) is 6.61 Å². The molecule has 6 heteroatoms. The first-order chi connectivity index (χ1) is 15.7. The predicted molar refractivity (Wildman–Crippen MR) is 122 cm³/mol. The second-order valence-electron chi connectivity index (χ2n) is 7.85. The van der Waals surface area contributed by atoms with Gasteiger partial charge in [-0.25, -0.2) is 4.98 Å². The monoisotopic (exact) mass is 429 g/mol. The van der Waals surface area contributed by atoms with Crippen molar-refractivity contribution < 1.29 is 14.3 Å². The average molecular weight is 430 g/mol. The Morgan fingerprint density at radius 1 is 1.00 bits per heavy atom. The largest absolute Gasteiger partial charge is 0.473 e. The van der Waals surface area contributed by atoms with Crippen LogP contribution >= 0.6 is 0 Å². The average Bonchev–Trinajstić information content (AvgIpc) is 2.85. The van der Waals surface area contributed by atoms with Crippen molar-refractivity contribution in [3.05, 3.63) is 95.2 Å². The maximum Gasteiger partial charge on any atom is 0.251 e. The van der Waals surface area contributed by atoms with E-state index in [1.165, 1.54) is 11.1 Å². The van der Waals surface area contributed by atoms with Crippen molar-refractivity contribution >= 4 is 11.8 Å². The van der Waals surface area contributed by atoms with Crippen LogP contribution in [0.15, 0.2) is 72.9 Å². The molecule has 2 heterocycles. The lowest BCUT2D eigenvalue weighted by atomic mass is 9.99. The minimum atomic E-state index is -0.198. The van der Waals surface area contributed by atoms with Crippen molar-refractivity contribution in [2.45, 2.75) is 32.4 Å². The molecule has 3 aromatic rings. The molecule has 32 heavy (non-hydrogen) atoms. The number of aromatic nitrogens is 1. The van der Waals surface area contributed by atoms with Crippen LogP contribution < -0.4 is 10.1 Å². The number of nitrogens with zero attached hydrogens (tertiary/aromatic N) is 2. The zero-order valence-corrected chi connectivity index (χ0v) is 18.0. The fourth-order valence-electron chi connectivity index (χ4n) is 3.77. The van der Waals surface area contributed by atoms with Gasteiger partial charge in [0.2, 0.25) is 11.8 Å². The zero-order valence-electron chi connectivity index (χ0n) is 18.0. The molecular weight excluding hydrogens is 402 g/mol. The van der Waals surface area contributed by atoms with Crippen LogP contribution in [0.2, 0.25) is 0 Å². The summed E-state index contributed by atoms with van der Waals surface area (Å²) in [5.41, 5.74) is 4.07. The zero-order chi connectivity index (χ0) is 22.2. The number of hydrogen-bond donors (Lipinski definition) is 1. The number of rotatable bonds is 8. The van der Waals surface area contributed by atoms with Crippen LogP contribution in [-0.2, 0) is 24.4 Å². The van der Waals surface area contributed by atoms with Gasteiger partial charge in [0, 0.05) is 43.9 Å². The summed E-state index contributed by atoms with van der Waals surface area (Å²) < 4.78 is 5.69. The van der Waals surface area contributed by atoms with E-state index in [9.17, 15) is 9.59 Å². The Hall–Kier alpha value is -3.67. The Morgan fingerprint density at radius 2 is 1.78 bits per heavy atom. The molecule has 0 unspecified atom stereocenters. The number of benzene rings is 2. The number of hydrogen-bond acceptors (Lipinski definition) is 4. The number of fused-ring (bicyclic) bond motifs is 1. The van der Waals surface area contributed by atoms with Crippen molar-refractivity contribution in [2.24, 2.45) is 0 Å². The number of ether oxygens (including phenoxy) is 1. The Balaban J connectivity index is 1.20. The third kappa shape index (κ3) is 5.72. The summed E-state index contributed by atoms with van der Waals surface area (Å²) in [5, 5.41) is 2.88. The molecule has 1 aromatic heterocycles. The lowest BCUT2D eigenvalue weighted by molar-refractivity contribution is -0.132. The summed E-state index contributed by atoms with van der Waals surface area (Å²) in [5.74, 6) is 0.340. The van der Waals surface area contributed by atoms with Gasteiger partial charge in [0.25, 0.3) is 5.91 Å². The highest BCUT2D eigenvalue weighted by Crippen LogP contribution is 2.19. The standard InChI is InChI=1S/C26H27N3O3/c30-25(29-16-13-21-9-4-5-10-23(21)18-29)11-6-14-28-26(31)22-12-15-27-24(17-22)32-19-20-7-2-1-3-8-20/h1-5,7-10,12,15,17H,6,11,13-14,16,18-19H2,(H,28,31). The smallest absolute Gasteiger partial charge is 0.251 e. The Morgan fingerprint density at radius 3 is 2.62 bits per heavy atom. The van der Waals surface area contributed by atoms with Gasteiger partial charge in [-0.1, -0.05) is 54.6 Å². The van der Waals surface area contributed by atoms with Crippen molar-refractivity contribution in [1.29, 1.82) is 0 Å². The molecule has 1 aliphatic heterocycles. The summed E-state index contributed by atoms with van der Waals surface area (Å²) in [6, 6.07) is 21.4. The third-order valence-corrected chi connectivity index (χ3v) is 5.56. The summed E-state index contributed by atoms with van der Waals surface area (Å²) in [7, 11) is 0. The van der Waals surface area contributed by atoms with Gasteiger partial charge in [-0.3, -0.25) is 9.59 Å². The van der Waals surface area contributed by atoms with Gasteiger partial charge < -0.3 is 15.0 Å². The van der Waals surface area contributed by atoms with Crippen LogP contribution in [-0.4, -0.2) is 34.8 Å². The fourth-order valence-corrected chi connectivity index (χ4v) is 3.77. The van der Waals surface area contributed by atoms with Crippen LogP contribution in [0.1, 0.15) is 39.9 Å². The highest BCUT2D eigenvalue weighted by Gasteiger charge is 2.19. The molecule has 0 radical (unpaired) electrons. The Bertz CT molecular complexity index is 1070. The van der Waals surface area contributed by atoms with Gasteiger partial charge in [0.15, 0.2) is 0 Å². The quantitative estimate of drug-likeness (QED) is 0.554. The number of carbonyl (C=O) groups is 2. The van der Waals surface area contributed by atoms with Gasteiger partial charge in [-0.15, -0.1) is 0 Å². The topological polar surface area (TPSA) is 71.5 Å². The molecule has 0 atom stereocenters. The van der Waals surface area contributed by atoms with Crippen molar-refractivity contribution in [3.63, 3.8) is 0 Å². The van der Waals surface area contributed by atoms with E-state index in [2.05, 4.69) is 22.4 Å². The summed E-state index contributed by atoms with van der Waals surface area (Å²) in [6.45, 7) is 2.26. The van der Waals surface area contributed by atoms with Gasteiger partial charge in [0.05, 0.1) is 0 Å². The van der Waals surface area contributed by atoms with Crippen LogP contribution in [0.25, 0.3) is 0 Å². The summed E-state index contributed by atoms with van der Waals surface area (Å²) in [6.07, 6.45) is 3.48. The van der Waals surface area contributed by atoms with E-state index in [1.54, 1.807) is 18.3 Å². The molecule has 2 aromatic carbocycles.